The third-order valence-electron chi connectivity index (χ3n) is 2.32. The molecule has 0 saturated carbocycles. The lowest BCUT2D eigenvalue weighted by molar-refractivity contribution is -0.384. The number of anilines is 1. The van der Waals surface area contributed by atoms with Crippen LogP contribution in [0.25, 0.3) is 0 Å². The van der Waals surface area contributed by atoms with Gasteiger partial charge in [0, 0.05) is 24.9 Å². The number of nitro groups is 1. The minimum absolute atomic E-state index is 0.0648. The second-order valence-electron chi connectivity index (χ2n) is 3.61. The SMILES string of the molecule is O=[N+]([O-])c1ccc(CNc2nc(Cl)ncc2Br)cc1. The highest BCUT2D eigenvalue weighted by molar-refractivity contribution is 9.10. The van der Waals surface area contributed by atoms with E-state index in [1.54, 1.807) is 18.3 Å². The zero-order valence-corrected chi connectivity index (χ0v) is 11.8. The molecule has 0 aliphatic rings. The second-order valence-corrected chi connectivity index (χ2v) is 4.81. The van der Waals surface area contributed by atoms with E-state index in [1.165, 1.54) is 12.1 Å². The van der Waals surface area contributed by atoms with Crippen LogP contribution in [0.4, 0.5) is 11.5 Å². The van der Waals surface area contributed by atoms with Crippen LogP contribution in [-0.2, 0) is 6.54 Å². The molecular formula is C11H8BrClN4O2. The standard InChI is InChI=1S/C11H8BrClN4O2/c12-9-6-15-11(13)16-10(9)14-5-7-1-3-8(4-2-7)17(18)19/h1-4,6H,5H2,(H,14,15,16). The van der Waals surface area contributed by atoms with Gasteiger partial charge in [-0.05, 0) is 33.1 Å². The molecule has 19 heavy (non-hydrogen) atoms. The van der Waals surface area contributed by atoms with Gasteiger partial charge in [0.05, 0.1) is 9.40 Å². The molecule has 1 N–H and O–H groups in total. The third-order valence-corrected chi connectivity index (χ3v) is 3.08. The van der Waals surface area contributed by atoms with Crippen LogP contribution in [0.15, 0.2) is 34.9 Å². The summed E-state index contributed by atoms with van der Waals surface area (Å²) in [5.41, 5.74) is 0.960. The molecule has 1 heterocycles. The molecule has 0 unspecified atom stereocenters. The Morgan fingerprint density at radius 2 is 2.05 bits per heavy atom. The molecule has 2 aromatic rings. The maximum Gasteiger partial charge on any atom is 0.269 e. The second kappa shape index (κ2) is 5.94. The number of hydrogen-bond acceptors (Lipinski definition) is 5. The monoisotopic (exact) mass is 342 g/mol. The van der Waals surface area contributed by atoms with Crippen molar-refractivity contribution in [2.75, 3.05) is 5.32 Å². The van der Waals surface area contributed by atoms with Gasteiger partial charge in [0.15, 0.2) is 0 Å². The zero-order chi connectivity index (χ0) is 13.8. The van der Waals surface area contributed by atoms with Gasteiger partial charge in [0.1, 0.15) is 5.82 Å². The van der Waals surface area contributed by atoms with Gasteiger partial charge in [-0.1, -0.05) is 12.1 Å². The van der Waals surface area contributed by atoms with Gasteiger partial charge in [0.25, 0.3) is 5.69 Å². The van der Waals surface area contributed by atoms with Crippen LogP contribution >= 0.6 is 27.5 Å². The predicted molar refractivity (Wildman–Crippen MR) is 75.2 cm³/mol. The number of non-ortho nitro benzene ring substituents is 1. The quantitative estimate of drug-likeness (QED) is 0.522. The first-order valence-electron chi connectivity index (χ1n) is 5.21. The fourth-order valence-electron chi connectivity index (χ4n) is 1.39. The Kier molecular flexibility index (Phi) is 4.28. The Morgan fingerprint density at radius 1 is 1.37 bits per heavy atom. The van der Waals surface area contributed by atoms with Crippen LogP contribution in [0.5, 0.6) is 0 Å². The Hall–Kier alpha value is -1.73. The maximum atomic E-state index is 10.5. The molecule has 8 heteroatoms. The van der Waals surface area contributed by atoms with Gasteiger partial charge in [-0.3, -0.25) is 10.1 Å². The van der Waals surface area contributed by atoms with E-state index in [0.29, 0.717) is 16.8 Å². The van der Waals surface area contributed by atoms with Gasteiger partial charge in [-0.2, -0.15) is 4.98 Å². The van der Waals surface area contributed by atoms with E-state index in [0.717, 1.165) is 5.56 Å². The molecule has 6 nitrogen and oxygen atoms in total. The highest BCUT2D eigenvalue weighted by atomic mass is 79.9. The van der Waals surface area contributed by atoms with Crippen LogP contribution < -0.4 is 5.32 Å². The van der Waals surface area contributed by atoms with Crippen LogP contribution in [0, 0.1) is 10.1 Å². The average Bonchev–Trinajstić information content (AvgIpc) is 2.40. The summed E-state index contributed by atoms with van der Waals surface area (Å²) in [6.45, 7) is 0.476. The van der Waals surface area contributed by atoms with E-state index in [9.17, 15) is 10.1 Å². The van der Waals surface area contributed by atoms with Crippen molar-refractivity contribution in [3.8, 4) is 0 Å². The summed E-state index contributed by atoms with van der Waals surface area (Å²) in [6.07, 6.45) is 1.55. The van der Waals surface area contributed by atoms with Gasteiger partial charge in [-0.25, -0.2) is 4.98 Å². The van der Waals surface area contributed by atoms with Crippen molar-refractivity contribution in [1.82, 2.24) is 9.97 Å². The lowest BCUT2D eigenvalue weighted by Gasteiger charge is -2.07. The highest BCUT2D eigenvalue weighted by Crippen LogP contribution is 2.21. The van der Waals surface area contributed by atoms with E-state index in [1.807, 2.05) is 0 Å². The lowest BCUT2D eigenvalue weighted by Crippen LogP contribution is -2.03. The molecule has 0 bridgehead atoms. The van der Waals surface area contributed by atoms with E-state index in [2.05, 4.69) is 31.2 Å². The van der Waals surface area contributed by atoms with Crippen LogP contribution in [0.3, 0.4) is 0 Å². The molecule has 0 spiro atoms. The summed E-state index contributed by atoms with van der Waals surface area (Å²) in [4.78, 5) is 17.9. The summed E-state index contributed by atoms with van der Waals surface area (Å²) in [5.74, 6) is 0.568. The minimum Gasteiger partial charge on any atom is -0.365 e. The molecule has 1 aromatic carbocycles. The van der Waals surface area contributed by atoms with Crippen LogP contribution in [-0.4, -0.2) is 14.9 Å². The summed E-state index contributed by atoms with van der Waals surface area (Å²) in [6, 6.07) is 6.28. The fraction of sp³-hybridized carbons (Fsp3) is 0.0909. The molecule has 98 valence electrons. The number of halogens is 2. The van der Waals surface area contributed by atoms with E-state index >= 15 is 0 Å². The lowest BCUT2D eigenvalue weighted by atomic mass is 10.2. The van der Waals surface area contributed by atoms with E-state index in [-0.39, 0.29) is 11.0 Å². The molecule has 0 radical (unpaired) electrons. The number of nitrogens with one attached hydrogen (secondary N) is 1. The maximum absolute atomic E-state index is 10.5. The first kappa shape index (κ1) is 13.7. The predicted octanol–water partition coefficient (Wildman–Crippen LogP) is 3.41. The Bertz CT molecular complexity index is 606. The minimum atomic E-state index is -0.433. The Morgan fingerprint density at radius 3 is 2.68 bits per heavy atom. The van der Waals surface area contributed by atoms with Crippen molar-refractivity contribution in [3.63, 3.8) is 0 Å². The number of aromatic nitrogens is 2. The molecule has 1 aromatic heterocycles. The largest absolute Gasteiger partial charge is 0.365 e. The van der Waals surface area contributed by atoms with Gasteiger partial charge in [-0.15, -0.1) is 0 Å². The first-order valence-corrected chi connectivity index (χ1v) is 6.38. The number of hydrogen-bond donors (Lipinski definition) is 1. The molecule has 0 aliphatic carbocycles. The zero-order valence-electron chi connectivity index (χ0n) is 9.51. The topological polar surface area (TPSA) is 81.0 Å². The molecule has 0 amide bonds. The molecule has 0 atom stereocenters. The van der Waals surface area contributed by atoms with Crippen molar-refractivity contribution in [2.24, 2.45) is 0 Å². The number of rotatable bonds is 4. The average molecular weight is 344 g/mol. The molecule has 0 aliphatic heterocycles. The van der Waals surface area contributed by atoms with Gasteiger partial charge in [0.2, 0.25) is 5.28 Å². The van der Waals surface area contributed by atoms with Crippen molar-refractivity contribution in [3.05, 3.63) is 55.9 Å². The van der Waals surface area contributed by atoms with E-state index in [4.69, 9.17) is 11.6 Å². The summed E-state index contributed by atoms with van der Waals surface area (Å²) in [5, 5.41) is 13.7. The smallest absolute Gasteiger partial charge is 0.269 e. The first-order chi connectivity index (χ1) is 9.06. The third kappa shape index (κ3) is 3.62. The normalized spacial score (nSPS) is 10.2. The Labute approximate surface area is 122 Å². The van der Waals surface area contributed by atoms with Crippen molar-refractivity contribution in [2.45, 2.75) is 6.54 Å². The number of nitro benzene ring substituents is 1. The summed E-state index contributed by atoms with van der Waals surface area (Å²) < 4.78 is 0.693. The van der Waals surface area contributed by atoms with E-state index < -0.39 is 4.92 Å². The molecule has 0 saturated heterocycles. The summed E-state index contributed by atoms with van der Waals surface area (Å²) in [7, 11) is 0. The van der Waals surface area contributed by atoms with Gasteiger partial charge >= 0.3 is 0 Å². The van der Waals surface area contributed by atoms with Crippen molar-refractivity contribution >= 4 is 39.0 Å². The van der Waals surface area contributed by atoms with Crippen molar-refractivity contribution in [1.29, 1.82) is 0 Å². The fourth-order valence-corrected chi connectivity index (χ4v) is 1.86. The van der Waals surface area contributed by atoms with Crippen molar-refractivity contribution < 1.29 is 4.92 Å². The Balaban J connectivity index is 2.06. The molecular weight excluding hydrogens is 336 g/mol. The van der Waals surface area contributed by atoms with Gasteiger partial charge < -0.3 is 5.32 Å². The molecule has 0 fully saturated rings. The molecule has 2 rings (SSSR count). The summed E-state index contributed by atoms with van der Waals surface area (Å²) >= 11 is 9.00. The van der Waals surface area contributed by atoms with Crippen LogP contribution in [0.1, 0.15) is 5.56 Å². The number of nitrogens with zero attached hydrogens (tertiary/aromatic N) is 3. The van der Waals surface area contributed by atoms with Crippen LogP contribution in [0.2, 0.25) is 5.28 Å². The number of benzene rings is 1. The highest BCUT2D eigenvalue weighted by Gasteiger charge is 2.06.